The molecule has 23 heavy (non-hydrogen) atoms. The first kappa shape index (κ1) is 15.0. The first-order valence-electron chi connectivity index (χ1n) is 7.24. The third kappa shape index (κ3) is 2.52. The highest BCUT2D eigenvalue weighted by Gasteiger charge is 2.18. The van der Waals surface area contributed by atoms with Gasteiger partial charge in [0, 0.05) is 11.1 Å². The molecule has 0 saturated carbocycles. The van der Waals surface area contributed by atoms with E-state index in [0.717, 1.165) is 11.1 Å². The summed E-state index contributed by atoms with van der Waals surface area (Å²) in [5.74, 6) is -0.0590. The highest BCUT2D eigenvalue weighted by atomic mass is 16.5. The largest absolute Gasteiger partial charge is 0.465 e. The maximum absolute atomic E-state index is 12.6. The number of carbonyl (C=O) groups is 1. The van der Waals surface area contributed by atoms with Gasteiger partial charge in [0.15, 0.2) is 11.0 Å². The molecule has 0 saturated heterocycles. The van der Waals surface area contributed by atoms with Crippen molar-refractivity contribution in [3.05, 3.63) is 69.4 Å². The van der Waals surface area contributed by atoms with Crippen molar-refractivity contribution < 1.29 is 13.9 Å². The van der Waals surface area contributed by atoms with Crippen molar-refractivity contribution in [1.82, 2.24) is 0 Å². The number of fused-ring (bicyclic) bond motifs is 1. The summed E-state index contributed by atoms with van der Waals surface area (Å²) >= 11 is 0. The van der Waals surface area contributed by atoms with Gasteiger partial charge in [-0.2, -0.15) is 0 Å². The number of methoxy groups -OCH3 is 1. The van der Waals surface area contributed by atoms with Crippen molar-refractivity contribution in [1.29, 1.82) is 0 Å². The molecule has 4 heteroatoms. The number of esters is 1. The van der Waals surface area contributed by atoms with Crippen LogP contribution in [-0.2, 0) is 4.74 Å². The molecule has 1 aromatic heterocycles. The van der Waals surface area contributed by atoms with Crippen LogP contribution in [0.3, 0.4) is 0 Å². The van der Waals surface area contributed by atoms with E-state index in [1.54, 1.807) is 25.1 Å². The first-order chi connectivity index (χ1) is 11.0. The molecule has 0 radical (unpaired) electrons. The van der Waals surface area contributed by atoms with Gasteiger partial charge in [-0.3, -0.25) is 4.79 Å². The summed E-state index contributed by atoms with van der Waals surface area (Å²) < 4.78 is 10.7. The van der Waals surface area contributed by atoms with Gasteiger partial charge in [-0.05, 0) is 26.0 Å². The first-order valence-corrected chi connectivity index (χ1v) is 7.24. The molecular weight excluding hydrogens is 292 g/mol. The van der Waals surface area contributed by atoms with Gasteiger partial charge in [0.1, 0.15) is 11.3 Å². The van der Waals surface area contributed by atoms with Crippen LogP contribution in [-0.4, -0.2) is 13.1 Å². The summed E-state index contributed by atoms with van der Waals surface area (Å²) in [6, 6.07) is 12.6. The SMILES string of the molecule is COC(=O)c1cccc2c(=O)c(C)c(-c3ccc(C)cc3)oc12. The zero-order chi connectivity index (χ0) is 16.6. The lowest BCUT2D eigenvalue weighted by atomic mass is 10.0. The molecule has 4 nitrogen and oxygen atoms in total. The van der Waals surface area contributed by atoms with E-state index in [1.807, 2.05) is 31.2 Å². The lowest BCUT2D eigenvalue weighted by molar-refractivity contribution is 0.0601. The van der Waals surface area contributed by atoms with Gasteiger partial charge in [-0.15, -0.1) is 0 Å². The Hall–Kier alpha value is -2.88. The summed E-state index contributed by atoms with van der Waals surface area (Å²) in [7, 11) is 1.30. The molecule has 3 aromatic rings. The van der Waals surface area contributed by atoms with Crippen molar-refractivity contribution in [3.8, 4) is 11.3 Å². The molecule has 0 N–H and O–H groups in total. The van der Waals surface area contributed by atoms with Gasteiger partial charge in [0.25, 0.3) is 0 Å². The van der Waals surface area contributed by atoms with E-state index in [4.69, 9.17) is 9.15 Å². The van der Waals surface area contributed by atoms with Crippen LogP contribution in [0.15, 0.2) is 51.7 Å². The summed E-state index contributed by atoms with van der Waals surface area (Å²) in [5.41, 5.74) is 2.79. The summed E-state index contributed by atoms with van der Waals surface area (Å²) in [6.07, 6.45) is 0. The fraction of sp³-hybridized carbons (Fsp3) is 0.158. The number of hydrogen-bond acceptors (Lipinski definition) is 4. The van der Waals surface area contributed by atoms with Gasteiger partial charge in [-0.25, -0.2) is 4.79 Å². The number of ether oxygens (including phenoxy) is 1. The minimum atomic E-state index is -0.530. The molecule has 0 atom stereocenters. The average molecular weight is 308 g/mol. The summed E-state index contributed by atoms with van der Waals surface area (Å²) in [5, 5.41) is 0.376. The fourth-order valence-electron chi connectivity index (χ4n) is 2.56. The van der Waals surface area contributed by atoms with Gasteiger partial charge in [0.05, 0.1) is 12.5 Å². The Labute approximate surface area is 133 Å². The van der Waals surface area contributed by atoms with E-state index < -0.39 is 5.97 Å². The second-order valence-corrected chi connectivity index (χ2v) is 5.43. The Balaban J connectivity index is 2.36. The molecule has 116 valence electrons. The molecule has 0 amide bonds. The second kappa shape index (κ2) is 5.72. The maximum atomic E-state index is 12.6. The Bertz CT molecular complexity index is 950. The van der Waals surface area contributed by atoms with E-state index in [2.05, 4.69) is 0 Å². The molecule has 0 fully saturated rings. The van der Waals surface area contributed by atoms with Crippen molar-refractivity contribution in [2.24, 2.45) is 0 Å². The molecule has 0 spiro atoms. The van der Waals surface area contributed by atoms with Crippen LogP contribution < -0.4 is 5.43 Å². The third-order valence-corrected chi connectivity index (χ3v) is 3.86. The predicted octanol–water partition coefficient (Wildman–Crippen LogP) is 3.86. The molecule has 3 rings (SSSR count). The normalized spacial score (nSPS) is 10.7. The lowest BCUT2D eigenvalue weighted by Gasteiger charge is -2.09. The second-order valence-electron chi connectivity index (χ2n) is 5.43. The number of para-hydroxylation sites is 1. The standard InChI is InChI=1S/C19H16O4/c1-11-7-9-13(10-8-11)17-12(2)16(20)14-5-4-6-15(18(14)23-17)19(21)22-3/h4-10H,1-3H3. The van der Waals surface area contributed by atoms with Gasteiger partial charge in [0.2, 0.25) is 0 Å². The van der Waals surface area contributed by atoms with Crippen LogP contribution in [0.2, 0.25) is 0 Å². The summed E-state index contributed by atoms with van der Waals surface area (Å²) in [6.45, 7) is 3.72. The smallest absolute Gasteiger partial charge is 0.341 e. The highest BCUT2D eigenvalue weighted by molar-refractivity contribution is 6.02. The minimum Gasteiger partial charge on any atom is -0.465 e. The molecular formula is C19H16O4. The Morgan fingerprint density at radius 1 is 1.04 bits per heavy atom. The van der Waals surface area contributed by atoms with Crippen molar-refractivity contribution in [2.75, 3.05) is 7.11 Å². The van der Waals surface area contributed by atoms with E-state index in [9.17, 15) is 9.59 Å². The number of benzene rings is 2. The van der Waals surface area contributed by atoms with Crippen molar-refractivity contribution in [3.63, 3.8) is 0 Å². The topological polar surface area (TPSA) is 56.5 Å². The van der Waals surface area contributed by atoms with E-state index in [1.165, 1.54) is 7.11 Å². The summed E-state index contributed by atoms with van der Waals surface area (Å²) in [4.78, 5) is 24.6. The molecule has 0 aliphatic carbocycles. The van der Waals surface area contributed by atoms with Gasteiger partial charge < -0.3 is 9.15 Å². The Kier molecular flexibility index (Phi) is 3.74. The Morgan fingerprint density at radius 2 is 1.74 bits per heavy atom. The van der Waals surface area contributed by atoms with Crippen LogP contribution in [0.1, 0.15) is 21.5 Å². The number of hydrogen-bond donors (Lipinski definition) is 0. The molecule has 0 aliphatic heterocycles. The number of rotatable bonds is 2. The van der Waals surface area contributed by atoms with Crippen LogP contribution in [0.25, 0.3) is 22.3 Å². The molecule has 0 aliphatic rings. The van der Waals surface area contributed by atoms with Crippen molar-refractivity contribution in [2.45, 2.75) is 13.8 Å². The molecule has 2 aromatic carbocycles. The maximum Gasteiger partial charge on any atom is 0.341 e. The molecule has 0 bridgehead atoms. The quantitative estimate of drug-likeness (QED) is 0.674. The van der Waals surface area contributed by atoms with E-state index >= 15 is 0 Å². The van der Waals surface area contributed by atoms with Crippen molar-refractivity contribution >= 4 is 16.9 Å². The number of aryl methyl sites for hydroxylation is 1. The minimum absolute atomic E-state index is 0.146. The van der Waals surface area contributed by atoms with Gasteiger partial charge >= 0.3 is 5.97 Å². The molecule has 1 heterocycles. The van der Waals surface area contributed by atoms with Crippen LogP contribution in [0.5, 0.6) is 0 Å². The van der Waals surface area contributed by atoms with Gasteiger partial charge in [-0.1, -0.05) is 35.9 Å². The van der Waals surface area contributed by atoms with E-state index in [-0.39, 0.29) is 16.6 Å². The third-order valence-electron chi connectivity index (χ3n) is 3.86. The fourth-order valence-corrected chi connectivity index (χ4v) is 2.56. The monoisotopic (exact) mass is 308 g/mol. The van der Waals surface area contributed by atoms with Crippen LogP contribution in [0, 0.1) is 13.8 Å². The van der Waals surface area contributed by atoms with E-state index in [0.29, 0.717) is 16.7 Å². The zero-order valence-electron chi connectivity index (χ0n) is 13.2. The lowest BCUT2D eigenvalue weighted by Crippen LogP contribution is -2.10. The highest BCUT2D eigenvalue weighted by Crippen LogP contribution is 2.27. The average Bonchev–Trinajstić information content (AvgIpc) is 2.57. The number of carbonyl (C=O) groups excluding carboxylic acids is 1. The predicted molar refractivity (Wildman–Crippen MR) is 88.7 cm³/mol. The zero-order valence-corrected chi connectivity index (χ0v) is 13.2. The van der Waals surface area contributed by atoms with Crippen LogP contribution in [0.4, 0.5) is 0 Å². The van der Waals surface area contributed by atoms with Crippen LogP contribution >= 0.6 is 0 Å². The Morgan fingerprint density at radius 3 is 2.39 bits per heavy atom. The molecule has 0 unspecified atom stereocenters.